The molecule has 0 bridgehead atoms. The molecule has 2 aromatic carbocycles. The second kappa shape index (κ2) is 7.51. The summed E-state index contributed by atoms with van der Waals surface area (Å²) < 4.78 is 13.3. The maximum Gasteiger partial charge on any atom is 0.262 e. The van der Waals surface area contributed by atoms with Gasteiger partial charge in [-0.2, -0.15) is 0 Å². The highest BCUT2D eigenvalue weighted by Gasteiger charge is 2.45. The predicted octanol–water partition coefficient (Wildman–Crippen LogP) is 1.16. The Morgan fingerprint density at radius 2 is 1.87 bits per heavy atom. The number of fused-ring (bicyclic) bond motifs is 1. The number of piperidine rings is 1. The highest BCUT2D eigenvalue weighted by molar-refractivity contribution is 6.24. The van der Waals surface area contributed by atoms with E-state index in [1.165, 1.54) is 24.3 Å². The third-order valence-electron chi connectivity index (χ3n) is 5.08. The summed E-state index contributed by atoms with van der Waals surface area (Å²) >= 11 is 0. The van der Waals surface area contributed by atoms with E-state index in [0.717, 1.165) is 11.0 Å². The van der Waals surface area contributed by atoms with Crippen molar-refractivity contribution in [3.63, 3.8) is 0 Å². The van der Waals surface area contributed by atoms with Gasteiger partial charge in [0.15, 0.2) is 0 Å². The maximum atomic E-state index is 13.3. The average molecular weight is 409 g/mol. The molecule has 2 aromatic rings. The van der Waals surface area contributed by atoms with E-state index in [9.17, 15) is 28.4 Å². The van der Waals surface area contributed by atoms with Crippen molar-refractivity contribution in [1.82, 2.24) is 15.5 Å². The van der Waals surface area contributed by atoms with Crippen LogP contribution in [0.1, 0.15) is 49.5 Å². The first-order valence-corrected chi connectivity index (χ1v) is 9.24. The Kier molecular flexibility index (Phi) is 4.86. The van der Waals surface area contributed by atoms with Gasteiger partial charge in [0.05, 0.1) is 11.1 Å². The van der Waals surface area contributed by atoms with Crippen LogP contribution in [0.25, 0.3) is 0 Å². The monoisotopic (exact) mass is 409 g/mol. The molecule has 8 nitrogen and oxygen atoms in total. The third kappa shape index (κ3) is 3.34. The molecular formula is C21H16FN3O5. The molecule has 1 saturated heterocycles. The Hall–Kier alpha value is -3.88. The highest BCUT2D eigenvalue weighted by Crippen LogP contribution is 2.29. The number of imide groups is 2. The van der Waals surface area contributed by atoms with Crippen LogP contribution in [0.3, 0.4) is 0 Å². The van der Waals surface area contributed by atoms with E-state index in [0.29, 0.717) is 5.56 Å². The van der Waals surface area contributed by atoms with Crippen LogP contribution < -0.4 is 10.6 Å². The van der Waals surface area contributed by atoms with Gasteiger partial charge in [0.1, 0.15) is 11.9 Å². The summed E-state index contributed by atoms with van der Waals surface area (Å²) in [6, 6.07) is 8.73. The Bertz CT molecular complexity index is 1110. The van der Waals surface area contributed by atoms with Gasteiger partial charge in [0.2, 0.25) is 11.8 Å². The summed E-state index contributed by atoms with van der Waals surface area (Å²) in [5.41, 5.74) is 0.745. The van der Waals surface area contributed by atoms with E-state index >= 15 is 0 Å². The number of carbonyl (C=O) groups is 5. The van der Waals surface area contributed by atoms with Crippen LogP contribution in [0.4, 0.5) is 4.39 Å². The summed E-state index contributed by atoms with van der Waals surface area (Å²) in [6.45, 7) is -0.0687. The van der Waals surface area contributed by atoms with Crippen LogP contribution >= 0.6 is 0 Å². The molecule has 0 aliphatic carbocycles. The Balaban J connectivity index is 1.57. The second-order valence-electron chi connectivity index (χ2n) is 6.98. The zero-order valence-corrected chi connectivity index (χ0v) is 15.6. The quantitative estimate of drug-likeness (QED) is 0.736. The molecule has 30 heavy (non-hydrogen) atoms. The predicted molar refractivity (Wildman–Crippen MR) is 101 cm³/mol. The molecule has 0 spiro atoms. The van der Waals surface area contributed by atoms with Crippen molar-refractivity contribution in [2.45, 2.75) is 25.4 Å². The molecule has 9 heteroatoms. The molecule has 5 amide bonds. The molecule has 0 aromatic heterocycles. The first kappa shape index (κ1) is 19.4. The van der Waals surface area contributed by atoms with Crippen LogP contribution in [0.2, 0.25) is 0 Å². The number of rotatable bonds is 4. The Morgan fingerprint density at radius 3 is 2.60 bits per heavy atom. The van der Waals surface area contributed by atoms with Crippen molar-refractivity contribution in [3.05, 3.63) is 70.5 Å². The van der Waals surface area contributed by atoms with E-state index in [-0.39, 0.29) is 36.1 Å². The fourth-order valence-electron chi connectivity index (χ4n) is 3.64. The Labute approximate surface area is 170 Å². The molecule has 0 saturated carbocycles. The van der Waals surface area contributed by atoms with Crippen LogP contribution in [-0.2, 0) is 16.1 Å². The van der Waals surface area contributed by atoms with Crippen LogP contribution in [0.5, 0.6) is 0 Å². The average Bonchev–Trinajstić information content (AvgIpc) is 2.97. The van der Waals surface area contributed by atoms with E-state index < -0.39 is 41.4 Å². The minimum atomic E-state index is -1.06. The number of benzene rings is 2. The second-order valence-corrected chi connectivity index (χ2v) is 6.98. The molecule has 1 atom stereocenters. The van der Waals surface area contributed by atoms with Gasteiger partial charge < -0.3 is 5.32 Å². The lowest BCUT2D eigenvalue weighted by molar-refractivity contribution is -0.136. The minimum absolute atomic E-state index is 0.0281. The van der Waals surface area contributed by atoms with Gasteiger partial charge in [0, 0.05) is 18.5 Å². The third-order valence-corrected chi connectivity index (χ3v) is 5.08. The molecular weight excluding hydrogens is 393 g/mol. The standard InChI is InChI=1S/C21H16FN3O5/c22-13-5-1-3-11(9-13)18(27)23-10-12-4-2-6-14-17(12)21(30)25(20(14)29)15-7-8-16(26)24-19(15)28/h1-6,9,15H,7-8,10H2,(H,23,27)(H,24,26,28). The minimum Gasteiger partial charge on any atom is -0.348 e. The lowest BCUT2D eigenvalue weighted by Crippen LogP contribution is -2.54. The van der Waals surface area contributed by atoms with E-state index in [4.69, 9.17) is 0 Å². The lowest BCUT2D eigenvalue weighted by Gasteiger charge is -2.27. The summed E-state index contributed by atoms with van der Waals surface area (Å²) in [6.07, 6.45) is 0.0855. The van der Waals surface area contributed by atoms with Gasteiger partial charge >= 0.3 is 0 Å². The van der Waals surface area contributed by atoms with Gasteiger partial charge in [-0.25, -0.2) is 4.39 Å². The molecule has 1 unspecified atom stereocenters. The van der Waals surface area contributed by atoms with Gasteiger partial charge in [-0.3, -0.25) is 34.2 Å². The van der Waals surface area contributed by atoms with E-state index in [1.54, 1.807) is 12.1 Å². The number of halogens is 1. The number of carbonyl (C=O) groups excluding carboxylic acids is 5. The number of hydrogen-bond acceptors (Lipinski definition) is 5. The SMILES string of the molecule is O=C1CCC(N2C(=O)c3cccc(CNC(=O)c4cccc(F)c4)c3C2=O)C(=O)N1. The maximum absolute atomic E-state index is 13.3. The van der Waals surface area contributed by atoms with Crippen molar-refractivity contribution in [2.24, 2.45) is 0 Å². The molecule has 2 aliphatic heterocycles. The van der Waals surface area contributed by atoms with E-state index in [2.05, 4.69) is 10.6 Å². The fraction of sp³-hybridized carbons (Fsp3) is 0.190. The van der Waals surface area contributed by atoms with Crippen LogP contribution in [0.15, 0.2) is 42.5 Å². The van der Waals surface area contributed by atoms with Crippen molar-refractivity contribution < 1.29 is 28.4 Å². The Morgan fingerprint density at radius 1 is 1.10 bits per heavy atom. The van der Waals surface area contributed by atoms with Crippen LogP contribution in [0, 0.1) is 5.82 Å². The summed E-state index contributed by atoms with van der Waals surface area (Å²) in [7, 11) is 0. The normalized spacial score (nSPS) is 18.3. The van der Waals surface area contributed by atoms with Gasteiger partial charge in [-0.1, -0.05) is 18.2 Å². The molecule has 1 fully saturated rings. The fourth-order valence-corrected chi connectivity index (χ4v) is 3.64. The number of nitrogens with zero attached hydrogens (tertiary/aromatic N) is 1. The summed E-state index contributed by atoms with van der Waals surface area (Å²) in [4.78, 5) is 62.5. The largest absolute Gasteiger partial charge is 0.348 e. The van der Waals surface area contributed by atoms with Gasteiger partial charge in [0.25, 0.3) is 17.7 Å². The number of amides is 5. The molecule has 2 heterocycles. The molecule has 2 N–H and O–H groups in total. The van der Waals surface area contributed by atoms with Crippen LogP contribution in [-0.4, -0.2) is 40.5 Å². The van der Waals surface area contributed by atoms with E-state index in [1.807, 2.05) is 0 Å². The van der Waals surface area contributed by atoms with Gasteiger partial charge in [-0.15, -0.1) is 0 Å². The van der Waals surface area contributed by atoms with Crippen molar-refractivity contribution in [3.8, 4) is 0 Å². The number of nitrogens with one attached hydrogen (secondary N) is 2. The summed E-state index contributed by atoms with van der Waals surface area (Å²) in [5, 5.41) is 4.74. The molecule has 4 rings (SSSR count). The zero-order chi connectivity index (χ0) is 21.4. The first-order valence-electron chi connectivity index (χ1n) is 9.24. The first-order chi connectivity index (χ1) is 14.4. The topological polar surface area (TPSA) is 113 Å². The van der Waals surface area contributed by atoms with Crippen molar-refractivity contribution >= 4 is 29.5 Å². The lowest BCUT2D eigenvalue weighted by atomic mass is 10.0. The van der Waals surface area contributed by atoms with Gasteiger partial charge in [-0.05, 0) is 36.2 Å². The summed E-state index contributed by atoms with van der Waals surface area (Å²) in [5.74, 6) is -3.51. The molecule has 152 valence electrons. The number of hydrogen-bond donors (Lipinski definition) is 2. The molecule has 0 radical (unpaired) electrons. The highest BCUT2D eigenvalue weighted by atomic mass is 19.1. The van der Waals surface area contributed by atoms with Crippen molar-refractivity contribution in [2.75, 3.05) is 0 Å². The zero-order valence-electron chi connectivity index (χ0n) is 15.6. The molecule has 2 aliphatic rings. The van der Waals surface area contributed by atoms with Crippen molar-refractivity contribution in [1.29, 1.82) is 0 Å². The smallest absolute Gasteiger partial charge is 0.262 e.